The predicted molar refractivity (Wildman–Crippen MR) is 605 cm³/mol. The third-order valence-corrected chi connectivity index (χ3v) is 30.7. The summed E-state index contributed by atoms with van der Waals surface area (Å²) in [5.41, 5.74) is 35.9. The fourth-order valence-corrected chi connectivity index (χ4v) is 24.6. The summed E-state index contributed by atoms with van der Waals surface area (Å²) in [6, 6.07) is 196. The van der Waals surface area contributed by atoms with E-state index in [0.29, 0.717) is 0 Å². The van der Waals surface area contributed by atoms with Gasteiger partial charge in [0.05, 0.1) is 47.2 Å². The van der Waals surface area contributed by atoms with E-state index in [1.807, 2.05) is 34.0 Å². The lowest BCUT2D eigenvalue weighted by molar-refractivity contribution is 1.19. The van der Waals surface area contributed by atoms with Crippen molar-refractivity contribution in [1.82, 2.24) is 13.7 Å². The molecule has 0 aliphatic heterocycles. The molecule has 27 aromatic rings. The van der Waals surface area contributed by atoms with E-state index in [1.54, 1.807) is 0 Å². The summed E-state index contributed by atoms with van der Waals surface area (Å²) in [6.45, 7) is 0. The Balaban J connectivity index is 0.000000112. The highest BCUT2D eigenvalue weighted by Crippen LogP contribution is 2.52. The van der Waals surface area contributed by atoms with Gasteiger partial charge < -0.3 is 28.4 Å². The van der Waals surface area contributed by atoms with Crippen LogP contribution in [0.2, 0.25) is 0 Å². The Morgan fingerprint density at radius 2 is 0.326 bits per heavy atom. The Morgan fingerprint density at radius 1 is 0.135 bits per heavy atom. The van der Waals surface area contributed by atoms with Crippen LogP contribution in [0.25, 0.3) is 177 Å². The maximum atomic E-state index is 2.43. The lowest BCUT2D eigenvalue weighted by atomic mass is 10.00. The van der Waals surface area contributed by atoms with Crippen molar-refractivity contribution in [3.05, 3.63) is 546 Å². The zero-order valence-corrected chi connectivity index (χ0v) is 79.3. The van der Waals surface area contributed by atoms with Gasteiger partial charge in [0.25, 0.3) is 0 Å². The molecule has 0 fully saturated rings. The zero-order valence-electron chi connectivity index (χ0n) is 76.9. The molecule has 0 unspecified atom stereocenters. The smallest absolute Gasteiger partial charge is 0.0727 e. The van der Waals surface area contributed by atoms with Gasteiger partial charge in [0.15, 0.2) is 0 Å². The van der Waals surface area contributed by atoms with Crippen LogP contribution in [0, 0.1) is 0 Å². The van der Waals surface area contributed by atoms with Gasteiger partial charge in [-0.25, -0.2) is 0 Å². The second-order valence-corrected chi connectivity index (χ2v) is 38.4. The largest absolute Gasteiger partial charge is 0.310 e. The van der Waals surface area contributed by atoms with E-state index in [2.05, 4.69) is 574 Å². The topological polar surface area (TPSA) is 24.5 Å². The first kappa shape index (κ1) is 85.0. The highest BCUT2D eigenvalue weighted by Gasteiger charge is 2.27. The quantitative estimate of drug-likeness (QED) is 0.0856. The minimum Gasteiger partial charge on any atom is -0.310 e. The molecule has 666 valence electrons. The number of hydrogen-bond donors (Lipinski definition) is 0. The Kier molecular flexibility index (Phi) is 22.6. The van der Waals surface area contributed by atoms with Crippen LogP contribution in [-0.2, 0) is 0 Å². The van der Waals surface area contributed by atoms with Gasteiger partial charge >= 0.3 is 0 Å². The molecule has 6 aromatic heterocycles. The van der Waals surface area contributed by atoms with Gasteiger partial charge in [-0.1, -0.05) is 382 Å². The standard InChI is InChI=1S/C50H34N2S.C44H30N2S.C38H26N2S/c1-4-14-35(15-5-1)36-26-28-37(29-27-36)38-30-32-42(33-31-38)51(40-17-6-2-7-18-40)43-21-12-16-39(34-43)44-23-13-24-46-48-50(53-49(44)46)45-22-10-11-25-47(45)52(48)41-19-8-3-9-20-41;1-4-14-31(15-5-1)32-26-28-36(29-27-32)45(34-17-6-2-7-18-34)37-21-12-16-33(30-37)38-23-13-24-40-42-44(47-43(38)40)39-22-10-11-25-41(39)46(42)35-19-8-3-9-20-35;1-4-15-28(16-5-1)39(29-17-6-2-7-18-29)31-21-12-14-27(26-31)32-23-13-24-34-36-38(41-37(32)34)33-22-10-11-25-35(33)40(36)30-19-8-3-9-20-30/h1-34H;1-30H;1-26H. The van der Waals surface area contributed by atoms with E-state index in [9.17, 15) is 0 Å². The molecule has 0 radical (unpaired) electrons. The highest BCUT2D eigenvalue weighted by atomic mass is 32.1. The molecular formula is C132H90N6S3. The Hall–Kier alpha value is -17.7. The molecule has 27 rings (SSSR count). The maximum absolute atomic E-state index is 2.43. The van der Waals surface area contributed by atoms with E-state index in [1.165, 1.54) is 177 Å². The SMILES string of the molecule is c1ccc(-c2ccc(-c3ccc(N(c4ccccc4)c4cccc(-c5cccc6c5sc5c7ccccc7n(-c7ccccc7)c65)c4)cc3)cc2)cc1.c1ccc(-c2ccc(N(c3ccccc3)c3cccc(-c4cccc5c4sc4c6ccccc6n(-c6ccccc6)c54)c3)cc2)cc1.c1ccc(N(c2ccccc2)c2cccc(-c3cccc4c3sc3c5ccccc5n(-c5ccccc5)c43)c2)cc1. The van der Waals surface area contributed by atoms with E-state index in [0.717, 1.165) is 51.2 Å². The third kappa shape index (κ3) is 15.9. The monoisotopic (exact) mass is 1850 g/mol. The molecule has 0 amide bonds. The van der Waals surface area contributed by atoms with E-state index >= 15 is 0 Å². The molecule has 0 spiro atoms. The van der Waals surface area contributed by atoms with Gasteiger partial charge in [-0.2, -0.15) is 0 Å². The van der Waals surface area contributed by atoms with Crippen molar-refractivity contribution in [2.24, 2.45) is 0 Å². The number of thiophene rings is 3. The van der Waals surface area contributed by atoms with Crippen molar-refractivity contribution in [1.29, 1.82) is 0 Å². The Bertz CT molecular complexity index is 9140. The first-order chi connectivity index (χ1) is 70.0. The van der Waals surface area contributed by atoms with Crippen LogP contribution in [0.5, 0.6) is 0 Å². The number of rotatable bonds is 18. The second kappa shape index (κ2) is 37.4. The van der Waals surface area contributed by atoms with E-state index < -0.39 is 0 Å². The van der Waals surface area contributed by atoms with Gasteiger partial charge in [-0.05, 0) is 231 Å². The number of fused-ring (bicyclic) bond motifs is 15. The molecule has 21 aromatic carbocycles. The lowest BCUT2D eigenvalue weighted by Gasteiger charge is -2.26. The zero-order chi connectivity index (χ0) is 93.5. The van der Waals surface area contributed by atoms with Crippen LogP contribution in [0.3, 0.4) is 0 Å². The Morgan fingerprint density at radius 3 is 0.596 bits per heavy atom. The van der Waals surface area contributed by atoms with Crippen molar-refractivity contribution >= 4 is 179 Å². The Labute approximate surface area is 830 Å². The fraction of sp³-hybridized carbons (Fsp3) is 0. The molecule has 6 heterocycles. The maximum Gasteiger partial charge on any atom is 0.0727 e. The fourth-order valence-electron chi connectivity index (χ4n) is 20.5. The van der Waals surface area contributed by atoms with Crippen LogP contribution in [-0.4, -0.2) is 13.7 Å². The molecule has 0 N–H and O–H groups in total. The molecule has 0 bridgehead atoms. The van der Waals surface area contributed by atoms with E-state index in [-0.39, 0.29) is 0 Å². The van der Waals surface area contributed by atoms with Crippen molar-refractivity contribution in [2.75, 3.05) is 14.7 Å². The number of aromatic nitrogens is 3. The molecule has 0 aliphatic carbocycles. The van der Waals surface area contributed by atoms with Gasteiger partial charge in [-0.15, -0.1) is 34.0 Å². The van der Waals surface area contributed by atoms with Crippen LogP contribution < -0.4 is 14.7 Å². The average molecular weight is 1860 g/mol. The summed E-state index contributed by atoms with van der Waals surface area (Å²) in [7, 11) is 0. The minimum absolute atomic E-state index is 1.11. The normalized spacial score (nSPS) is 11.4. The first-order valence-corrected chi connectivity index (χ1v) is 50.3. The predicted octanol–water partition coefficient (Wildman–Crippen LogP) is 38.4. The molecule has 141 heavy (non-hydrogen) atoms. The van der Waals surface area contributed by atoms with Crippen molar-refractivity contribution in [2.45, 2.75) is 0 Å². The van der Waals surface area contributed by atoms with E-state index in [4.69, 9.17) is 0 Å². The van der Waals surface area contributed by atoms with Crippen LogP contribution in [0.15, 0.2) is 546 Å². The summed E-state index contributed by atoms with van der Waals surface area (Å²) in [5, 5.41) is 7.73. The number of nitrogens with zero attached hydrogens (tertiary/aromatic N) is 6. The van der Waals surface area contributed by atoms with Gasteiger partial charge in [0, 0.05) is 115 Å². The van der Waals surface area contributed by atoms with Gasteiger partial charge in [-0.3, -0.25) is 0 Å². The summed E-state index contributed by atoms with van der Waals surface area (Å²) in [6.07, 6.45) is 0. The highest BCUT2D eigenvalue weighted by molar-refractivity contribution is 7.28. The van der Waals surface area contributed by atoms with Crippen molar-refractivity contribution in [3.63, 3.8) is 0 Å². The number of anilines is 9. The summed E-state index contributed by atoms with van der Waals surface area (Å²) < 4.78 is 15.2. The summed E-state index contributed by atoms with van der Waals surface area (Å²) in [4.78, 5) is 7.03. The van der Waals surface area contributed by atoms with Crippen LogP contribution in [0.4, 0.5) is 51.2 Å². The summed E-state index contributed by atoms with van der Waals surface area (Å²) >= 11 is 5.70. The molecule has 0 saturated carbocycles. The second-order valence-electron chi connectivity index (χ2n) is 35.4. The molecule has 9 heteroatoms. The molecule has 0 atom stereocenters. The number of hydrogen-bond acceptors (Lipinski definition) is 6. The molecule has 0 aliphatic rings. The van der Waals surface area contributed by atoms with Gasteiger partial charge in [0.1, 0.15) is 0 Å². The van der Waals surface area contributed by atoms with Crippen LogP contribution >= 0.6 is 34.0 Å². The van der Waals surface area contributed by atoms with Crippen molar-refractivity contribution < 1.29 is 0 Å². The molecule has 0 saturated heterocycles. The number of benzene rings is 21. The minimum atomic E-state index is 1.11. The summed E-state index contributed by atoms with van der Waals surface area (Å²) in [5.74, 6) is 0. The lowest BCUT2D eigenvalue weighted by Crippen LogP contribution is -2.09. The van der Waals surface area contributed by atoms with Gasteiger partial charge in [0.2, 0.25) is 0 Å². The average Bonchev–Trinajstić information content (AvgIpc) is 1.56. The third-order valence-electron chi connectivity index (χ3n) is 26.9. The van der Waals surface area contributed by atoms with Crippen molar-refractivity contribution in [3.8, 4) is 83.8 Å². The molecule has 6 nitrogen and oxygen atoms in total. The number of para-hydroxylation sites is 10. The molecular weight excluding hydrogens is 1770 g/mol. The van der Waals surface area contributed by atoms with Crippen LogP contribution in [0.1, 0.15) is 0 Å². The first-order valence-electron chi connectivity index (χ1n) is 47.8.